The van der Waals surface area contributed by atoms with Gasteiger partial charge in [-0.3, -0.25) is 0 Å². The second-order valence-corrected chi connectivity index (χ2v) is 5.53. The molecule has 18 heavy (non-hydrogen) atoms. The fraction of sp³-hybridized carbons (Fsp3) is 0.467. The third-order valence-corrected chi connectivity index (χ3v) is 4.30. The van der Waals surface area contributed by atoms with E-state index < -0.39 is 0 Å². The smallest absolute Gasteiger partial charge is 0.129 e. The SMILES string of the molecule is c1cc2c3c(nncc3c1)CC1(CCCCC1)O2. The summed E-state index contributed by atoms with van der Waals surface area (Å²) in [6.45, 7) is 0. The zero-order valence-corrected chi connectivity index (χ0v) is 10.4. The highest BCUT2D eigenvalue weighted by atomic mass is 16.5. The molecule has 1 aliphatic carbocycles. The van der Waals surface area contributed by atoms with Gasteiger partial charge >= 0.3 is 0 Å². The van der Waals surface area contributed by atoms with Crippen LogP contribution in [0.25, 0.3) is 10.8 Å². The Morgan fingerprint density at radius 2 is 2.00 bits per heavy atom. The van der Waals surface area contributed by atoms with Crippen LogP contribution in [0, 0.1) is 0 Å². The van der Waals surface area contributed by atoms with Crippen LogP contribution < -0.4 is 4.74 Å². The lowest BCUT2D eigenvalue weighted by Crippen LogP contribution is -2.42. The summed E-state index contributed by atoms with van der Waals surface area (Å²) in [6, 6.07) is 6.20. The van der Waals surface area contributed by atoms with Crippen molar-refractivity contribution < 1.29 is 4.74 Å². The van der Waals surface area contributed by atoms with E-state index in [9.17, 15) is 0 Å². The van der Waals surface area contributed by atoms with Crippen LogP contribution in [0.4, 0.5) is 0 Å². The Bertz CT molecular complexity index is 560. The van der Waals surface area contributed by atoms with Gasteiger partial charge in [-0.05, 0) is 31.7 Å². The molecule has 1 spiro atoms. The number of rotatable bonds is 0. The van der Waals surface area contributed by atoms with E-state index in [0.29, 0.717) is 0 Å². The van der Waals surface area contributed by atoms with Crippen LogP contribution in [0.3, 0.4) is 0 Å². The molecule has 2 aliphatic rings. The van der Waals surface area contributed by atoms with Gasteiger partial charge in [0.15, 0.2) is 0 Å². The number of benzene rings is 1. The van der Waals surface area contributed by atoms with Crippen molar-refractivity contribution in [2.24, 2.45) is 0 Å². The van der Waals surface area contributed by atoms with E-state index in [0.717, 1.165) is 36.1 Å². The molecule has 1 fully saturated rings. The highest BCUT2D eigenvalue weighted by Gasteiger charge is 2.39. The van der Waals surface area contributed by atoms with Crippen molar-refractivity contribution in [2.45, 2.75) is 44.1 Å². The predicted molar refractivity (Wildman–Crippen MR) is 69.7 cm³/mol. The van der Waals surface area contributed by atoms with Gasteiger partial charge in [-0.25, -0.2) is 0 Å². The van der Waals surface area contributed by atoms with Crippen LogP contribution >= 0.6 is 0 Å². The summed E-state index contributed by atoms with van der Waals surface area (Å²) in [7, 11) is 0. The van der Waals surface area contributed by atoms with Crippen LogP contribution in [0.15, 0.2) is 24.4 Å². The molecular formula is C15H16N2O. The molecule has 0 unspecified atom stereocenters. The molecule has 0 amide bonds. The van der Waals surface area contributed by atoms with E-state index in [1.165, 1.54) is 24.6 Å². The zero-order chi connectivity index (χ0) is 12.0. The summed E-state index contributed by atoms with van der Waals surface area (Å²) < 4.78 is 6.36. The molecule has 1 aliphatic heterocycles. The lowest BCUT2D eigenvalue weighted by atomic mass is 9.79. The van der Waals surface area contributed by atoms with E-state index in [-0.39, 0.29) is 5.60 Å². The lowest BCUT2D eigenvalue weighted by Gasteiger charge is -2.40. The number of nitrogens with zero attached hydrogens (tertiary/aromatic N) is 2. The quantitative estimate of drug-likeness (QED) is 0.709. The minimum atomic E-state index is -0.00440. The Hall–Kier alpha value is -1.64. The average molecular weight is 240 g/mol. The minimum absolute atomic E-state index is 0.00440. The van der Waals surface area contributed by atoms with Gasteiger partial charge in [0.05, 0.1) is 11.9 Å². The first-order valence-corrected chi connectivity index (χ1v) is 6.79. The summed E-state index contributed by atoms with van der Waals surface area (Å²) in [6.07, 6.45) is 8.93. The number of hydrogen-bond acceptors (Lipinski definition) is 3. The van der Waals surface area contributed by atoms with Gasteiger partial charge in [-0.2, -0.15) is 10.2 Å². The molecule has 0 bridgehead atoms. The first-order chi connectivity index (χ1) is 8.86. The molecule has 2 heterocycles. The van der Waals surface area contributed by atoms with E-state index in [1.807, 2.05) is 12.3 Å². The molecule has 0 radical (unpaired) electrons. The Morgan fingerprint density at radius 3 is 2.89 bits per heavy atom. The molecule has 0 N–H and O–H groups in total. The summed E-state index contributed by atoms with van der Waals surface area (Å²) in [5.74, 6) is 1.01. The number of hydrogen-bond donors (Lipinski definition) is 0. The van der Waals surface area contributed by atoms with Gasteiger partial charge in [0.1, 0.15) is 11.4 Å². The first kappa shape index (κ1) is 10.3. The highest BCUT2D eigenvalue weighted by Crippen LogP contribution is 2.43. The van der Waals surface area contributed by atoms with Gasteiger partial charge < -0.3 is 4.74 Å². The maximum atomic E-state index is 6.36. The molecular weight excluding hydrogens is 224 g/mol. The van der Waals surface area contributed by atoms with Gasteiger partial charge in [0, 0.05) is 17.2 Å². The summed E-state index contributed by atoms with van der Waals surface area (Å²) >= 11 is 0. The molecule has 0 atom stereocenters. The largest absolute Gasteiger partial charge is 0.486 e. The Labute approximate surface area is 106 Å². The highest BCUT2D eigenvalue weighted by molar-refractivity contribution is 5.90. The molecule has 3 nitrogen and oxygen atoms in total. The molecule has 4 rings (SSSR count). The molecule has 1 saturated carbocycles. The van der Waals surface area contributed by atoms with Crippen molar-refractivity contribution in [3.63, 3.8) is 0 Å². The molecule has 1 aromatic carbocycles. The van der Waals surface area contributed by atoms with Crippen LogP contribution in [0.5, 0.6) is 5.75 Å². The normalized spacial score (nSPS) is 20.9. The molecule has 2 aromatic rings. The van der Waals surface area contributed by atoms with Crippen LogP contribution in [0.1, 0.15) is 37.8 Å². The van der Waals surface area contributed by atoms with Crippen LogP contribution in [0.2, 0.25) is 0 Å². The van der Waals surface area contributed by atoms with E-state index in [4.69, 9.17) is 4.74 Å². The van der Waals surface area contributed by atoms with Crippen molar-refractivity contribution in [3.05, 3.63) is 30.1 Å². The van der Waals surface area contributed by atoms with Crippen molar-refractivity contribution >= 4 is 10.8 Å². The topological polar surface area (TPSA) is 35.0 Å². The van der Waals surface area contributed by atoms with Crippen molar-refractivity contribution in [1.29, 1.82) is 0 Å². The van der Waals surface area contributed by atoms with Crippen molar-refractivity contribution in [3.8, 4) is 5.75 Å². The van der Waals surface area contributed by atoms with E-state index >= 15 is 0 Å². The maximum absolute atomic E-state index is 6.36. The summed E-state index contributed by atoms with van der Waals surface area (Å²) in [4.78, 5) is 0. The third-order valence-electron chi connectivity index (χ3n) is 4.30. The number of aromatic nitrogens is 2. The minimum Gasteiger partial charge on any atom is -0.486 e. The number of ether oxygens (including phenoxy) is 1. The zero-order valence-electron chi connectivity index (χ0n) is 10.4. The summed E-state index contributed by atoms with van der Waals surface area (Å²) in [5.41, 5.74) is 1.12. The second kappa shape index (κ2) is 3.67. The monoisotopic (exact) mass is 240 g/mol. The van der Waals surface area contributed by atoms with Gasteiger partial charge in [-0.1, -0.05) is 18.6 Å². The standard InChI is InChI=1S/C15H16N2O/c1-2-7-15(8-3-1)9-12-14-11(10-16-17-12)5-4-6-13(14)18-15/h4-6,10H,1-3,7-9H2. The molecule has 3 heteroatoms. The summed E-state index contributed by atoms with van der Waals surface area (Å²) in [5, 5.41) is 10.8. The third kappa shape index (κ3) is 1.43. The van der Waals surface area contributed by atoms with Crippen LogP contribution in [-0.2, 0) is 6.42 Å². The van der Waals surface area contributed by atoms with Crippen LogP contribution in [-0.4, -0.2) is 15.8 Å². The first-order valence-electron chi connectivity index (χ1n) is 6.79. The van der Waals surface area contributed by atoms with E-state index in [1.54, 1.807) is 0 Å². The van der Waals surface area contributed by atoms with Gasteiger partial charge in [0.2, 0.25) is 0 Å². The fourth-order valence-corrected chi connectivity index (χ4v) is 3.43. The van der Waals surface area contributed by atoms with Crippen molar-refractivity contribution in [2.75, 3.05) is 0 Å². The van der Waals surface area contributed by atoms with E-state index in [2.05, 4.69) is 22.3 Å². The Kier molecular flexibility index (Phi) is 2.10. The fourth-order valence-electron chi connectivity index (χ4n) is 3.43. The Morgan fingerprint density at radius 1 is 1.11 bits per heavy atom. The lowest BCUT2D eigenvalue weighted by molar-refractivity contribution is 0.0263. The Balaban J connectivity index is 1.88. The maximum Gasteiger partial charge on any atom is 0.129 e. The van der Waals surface area contributed by atoms with Gasteiger partial charge in [0.25, 0.3) is 0 Å². The molecule has 92 valence electrons. The molecule has 0 saturated heterocycles. The van der Waals surface area contributed by atoms with Crippen molar-refractivity contribution in [1.82, 2.24) is 10.2 Å². The second-order valence-electron chi connectivity index (χ2n) is 5.53. The molecule has 1 aromatic heterocycles. The average Bonchev–Trinajstić information content (AvgIpc) is 2.40. The van der Waals surface area contributed by atoms with Gasteiger partial charge in [-0.15, -0.1) is 0 Å². The predicted octanol–water partition coefficient (Wildman–Crippen LogP) is 3.27.